The molecule has 1 fully saturated rings. The van der Waals surface area contributed by atoms with Crippen molar-refractivity contribution in [2.45, 2.75) is 36.9 Å². The Kier molecular flexibility index (Phi) is 8.60. The van der Waals surface area contributed by atoms with Crippen LogP contribution in [0.15, 0.2) is 47.5 Å². The van der Waals surface area contributed by atoms with Crippen LogP contribution in [0.5, 0.6) is 0 Å². The van der Waals surface area contributed by atoms with E-state index in [9.17, 15) is 23.9 Å². The first-order chi connectivity index (χ1) is 18.2. The molecule has 0 bridgehead atoms. The first-order valence-electron chi connectivity index (χ1n) is 12.3. The lowest BCUT2D eigenvalue weighted by Gasteiger charge is -2.31. The van der Waals surface area contributed by atoms with Crippen LogP contribution in [0.3, 0.4) is 0 Å². The van der Waals surface area contributed by atoms with Crippen molar-refractivity contribution in [1.82, 2.24) is 15.5 Å². The molecule has 0 aromatic heterocycles. The molecule has 10 nitrogen and oxygen atoms in total. The van der Waals surface area contributed by atoms with Gasteiger partial charge in [-0.3, -0.25) is 19.4 Å². The van der Waals surface area contributed by atoms with E-state index in [0.717, 1.165) is 44.6 Å². The van der Waals surface area contributed by atoms with Gasteiger partial charge in [-0.05, 0) is 61.7 Å². The van der Waals surface area contributed by atoms with E-state index in [4.69, 9.17) is 17.3 Å². The molecule has 38 heavy (non-hydrogen) atoms. The zero-order valence-corrected chi connectivity index (χ0v) is 21.4. The number of likely N-dealkylation sites (tertiary alicyclic amines) is 1. The fraction of sp³-hybridized carbons (Fsp3) is 0.385. The van der Waals surface area contributed by atoms with Gasteiger partial charge in [-0.25, -0.2) is 4.39 Å². The van der Waals surface area contributed by atoms with Crippen LogP contribution in [0.4, 0.5) is 10.1 Å². The number of nitrogens with one attached hydrogen (secondary N) is 3. The number of rotatable bonds is 9. The van der Waals surface area contributed by atoms with Crippen LogP contribution in [0.1, 0.15) is 35.2 Å². The molecule has 2 aliphatic rings. The van der Waals surface area contributed by atoms with Crippen LogP contribution in [-0.4, -0.2) is 72.4 Å². The molecular weight excluding hydrogens is 515 g/mol. The Bertz CT molecular complexity index is 1220. The van der Waals surface area contributed by atoms with Crippen molar-refractivity contribution in [2.24, 2.45) is 10.7 Å². The number of carbonyl (C=O) groups excluding carboxylic acids is 3. The lowest BCUT2D eigenvalue weighted by molar-refractivity contribution is -0.131. The molecule has 12 heteroatoms. The first-order valence-corrected chi connectivity index (χ1v) is 12.7. The van der Waals surface area contributed by atoms with Crippen molar-refractivity contribution >= 4 is 41.3 Å². The minimum absolute atomic E-state index is 0.0253. The van der Waals surface area contributed by atoms with Crippen molar-refractivity contribution in [2.75, 3.05) is 31.5 Å². The van der Waals surface area contributed by atoms with E-state index in [0.29, 0.717) is 24.2 Å². The van der Waals surface area contributed by atoms with Crippen LogP contribution in [-0.2, 0) is 15.1 Å². The lowest BCUT2D eigenvalue weighted by atomic mass is 9.82. The Labute approximate surface area is 224 Å². The Morgan fingerprint density at radius 3 is 2.55 bits per heavy atom. The van der Waals surface area contributed by atoms with Gasteiger partial charge in [0, 0.05) is 25.3 Å². The van der Waals surface area contributed by atoms with Crippen LogP contribution in [0.2, 0.25) is 5.02 Å². The van der Waals surface area contributed by atoms with Crippen molar-refractivity contribution < 1.29 is 23.9 Å². The summed E-state index contributed by atoms with van der Waals surface area (Å²) < 4.78 is 13.3. The van der Waals surface area contributed by atoms with Crippen LogP contribution >= 0.6 is 11.6 Å². The number of aliphatic hydroxyl groups is 1. The van der Waals surface area contributed by atoms with E-state index in [1.807, 2.05) is 0 Å². The summed E-state index contributed by atoms with van der Waals surface area (Å²) in [5.74, 6) is -2.31. The standard InChI is InChI=1S/C26H30ClFN6O4/c27-21-14-17(28)4-7-20(21)23(36)33-18-5-2-16(3-6-18)26(25(29)38)22(31-15-32-26)24(37)30-10-1-11-34-12-8-19(35)9-13-34/h2-7,14-15,19,22,35H,1,8-13H2,(H2,29,38)(H,30,37)(H,31,32)(H,33,36). The van der Waals surface area contributed by atoms with Gasteiger partial charge in [0.2, 0.25) is 5.91 Å². The second-order valence-electron chi connectivity index (χ2n) is 9.37. The molecule has 1 saturated heterocycles. The molecule has 4 rings (SSSR count). The van der Waals surface area contributed by atoms with E-state index >= 15 is 0 Å². The van der Waals surface area contributed by atoms with Crippen molar-refractivity contribution in [3.05, 3.63) is 64.4 Å². The maximum Gasteiger partial charge on any atom is 0.257 e. The lowest BCUT2D eigenvalue weighted by Crippen LogP contribution is -2.60. The van der Waals surface area contributed by atoms with Crippen molar-refractivity contribution in [3.8, 4) is 0 Å². The predicted molar refractivity (Wildman–Crippen MR) is 141 cm³/mol. The summed E-state index contributed by atoms with van der Waals surface area (Å²) in [7, 11) is 0. The Hall–Kier alpha value is -3.54. The summed E-state index contributed by atoms with van der Waals surface area (Å²) in [6.45, 7) is 2.83. The second kappa shape index (κ2) is 11.9. The maximum absolute atomic E-state index is 13.3. The van der Waals surface area contributed by atoms with E-state index in [1.165, 1.54) is 12.4 Å². The second-order valence-corrected chi connectivity index (χ2v) is 9.78. The van der Waals surface area contributed by atoms with Crippen LogP contribution < -0.4 is 21.7 Å². The quantitative estimate of drug-likeness (QED) is 0.301. The number of benzene rings is 2. The molecular formula is C26H30ClFN6O4. The molecule has 2 heterocycles. The smallest absolute Gasteiger partial charge is 0.257 e. The molecule has 2 unspecified atom stereocenters. The zero-order chi connectivity index (χ0) is 27.3. The molecule has 6 N–H and O–H groups in total. The average molecular weight is 545 g/mol. The van der Waals surface area contributed by atoms with Gasteiger partial charge in [0.1, 0.15) is 5.82 Å². The molecule has 2 aromatic rings. The van der Waals surface area contributed by atoms with Gasteiger partial charge in [-0.1, -0.05) is 23.7 Å². The largest absolute Gasteiger partial charge is 0.393 e. The van der Waals surface area contributed by atoms with E-state index < -0.39 is 35.1 Å². The average Bonchev–Trinajstić information content (AvgIpc) is 3.34. The van der Waals surface area contributed by atoms with Gasteiger partial charge in [0.05, 0.1) is 23.0 Å². The van der Waals surface area contributed by atoms with Gasteiger partial charge in [-0.15, -0.1) is 0 Å². The molecule has 2 atom stereocenters. The number of primary amides is 1. The number of carbonyl (C=O) groups is 3. The summed E-state index contributed by atoms with van der Waals surface area (Å²) in [6.07, 6.45) is 3.26. The first kappa shape index (κ1) is 27.5. The minimum atomic E-state index is -1.60. The fourth-order valence-corrected chi connectivity index (χ4v) is 4.95. The number of nitrogens with zero attached hydrogens (tertiary/aromatic N) is 2. The molecule has 0 spiro atoms. The predicted octanol–water partition coefficient (Wildman–Crippen LogP) is 1.38. The normalized spacial score (nSPS) is 21.6. The third kappa shape index (κ3) is 5.95. The number of hydrogen-bond donors (Lipinski definition) is 5. The van der Waals surface area contributed by atoms with Gasteiger partial charge >= 0.3 is 0 Å². The highest BCUT2D eigenvalue weighted by molar-refractivity contribution is 6.34. The summed E-state index contributed by atoms with van der Waals surface area (Å²) in [5, 5.41) is 18.0. The van der Waals surface area contributed by atoms with Gasteiger partial charge < -0.3 is 31.7 Å². The van der Waals surface area contributed by atoms with Crippen molar-refractivity contribution in [1.29, 1.82) is 0 Å². The van der Waals surface area contributed by atoms with Crippen LogP contribution in [0, 0.1) is 5.82 Å². The Morgan fingerprint density at radius 2 is 1.89 bits per heavy atom. The van der Waals surface area contributed by atoms with E-state index in [2.05, 4.69) is 25.8 Å². The fourth-order valence-electron chi connectivity index (χ4n) is 4.70. The Balaban J connectivity index is 1.39. The number of piperidine rings is 1. The number of anilines is 1. The number of amides is 3. The summed E-state index contributed by atoms with van der Waals surface area (Å²) in [4.78, 5) is 44.7. The number of halogens is 2. The van der Waals surface area contributed by atoms with Gasteiger partial charge in [0.15, 0.2) is 11.6 Å². The number of nitrogens with two attached hydrogens (primary N) is 1. The third-order valence-corrected chi connectivity index (χ3v) is 7.16. The van der Waals surface area contributed by atoms with E-state index in [1.54, 1.807) is 24.3 Å². The Morgan fingerprint density at radius 1 is 1.18 bits per heavy atom. The molecule has 0 radical (unpaired) electrons. The molecule has 0 saturated carbocycles. The highest BCUT2D eigenvalue weighted by Gasteiger charge is 2.52. The molecule has 2 aliphatic heterocycles. The highest BCUT2D eigenvalue weighted by atomic mass is 35.5. The summed E-state index contributed by atoms with van der Waals surface area (Å²) in [6, 6.07) is 8.59. The zero-order valence-electron chi connectivity index (χ0n) is 20.6. The number of aliphatic hydroxyl groups excluding tert-OH is 1. The SMILES string of the molecule is NC(=O)C1(c2ccc(NC(=O)c3ccc(F)cc3Cl)cc2)NC=NC1C(=O)NCCCN1CCC(O)CC1. The topological polar surface area (TPSA) is 149 Å². The van der Waals surface area contributed by atoms with Gasteiger partial charge in [0.25, 0.3) is 11.8 Å². The van der Waals surface area contributed by atoms with Crippen molar-refractivity contribution in [3.63, 3.8) is 0 Å². The monoisotopic (exact) mass is 544 g/mol. The molecule has 3 amide bonds. The number of aliphatic imine (C=N–C) groups is 1. The summed E-state index contributed by atoms with van der Waals surface area (Å²) >= 11 is 5.97. The third-order valence-electron chi connectivity index (χ3n) is 6.84. The molecule has 202 valence electrons. The number of hydrogen-bond acceptors (Lipinski definition) is 7. The minimum Gasteiger partial charge on any atom is -0.393 e. The summed E-state index contributed by atoms with van der Waals surface area (Å²) in [5.41, 5.74) is 5.07. The van der Waals surface area contributed by atoms with Crippen LogP contribution in [0.25, 0.3) is 0 Å². The maximum atomic E-state index is 13.3. The highest BCUT2D eigenvalue weighted by Crippen LogP contribution is 2.31. The molecule has 0 aliphatic carbocycles. The van der Waals surface area contributed by atoms with E-state index in [-0.39, 0.29) is 16.7 Å². The van der Waals surface area contributed by atoms with Gasteiger partial charge in [-0.2, -0.15) is 0 Å². The molecule has 2 aromatic carbocycles.